The highest BCUT2D eigenvalue weighted by molar-refractivity contribution is 9.08. The number of carbonyl (C=O) groups is 1. The molecule has 0 saturated carbocycles. The summed E-state index contributed by atoms with van der Waals surface area (Å²) in [4.78, 5) is 13.3. The maximum atomic E-state index is 12.3. The molecule has 1 N–H and O–H groups in total. The van der Waals surface area contributed by atoms with Gasteiger partial charge in [0.2, 0.25) is 15.9 Å². The van der Waals surface area contributed by atoms with Crippen LogP contribution in [0.2, 0.25) is 0 Å². The average molecular weight is 375 g/mol. The standard InChI is InChI=1S/C14H19BrN2O3S/c1-11(18)17-8-6-13(7-9-17)16-21(19,20)14-4-2-12(10-15)3-5-14/h2-5,13,16H,6-10H2,1H3. The third kappa shape index (κ3) is 4.28. The third-order valence-electron chi connectivity index (χ3n) is 3.65. The molecule has 2 rings (SSSR count). The van der Waals surface area contributed by atoms with Gasteiger partial charge in [-0.2, -0.15) is 0 Å². The summed E-state index contributed by atoms with van der Waals surface area (Å²) in [5.41, 5.74) is 1.03. The number of hydrogen-bond donors (Lipinski definition) is 1. The Bertz CT molecular complexity index is 593. The number of nitrogens with one attached hydrogen (secondary N) is 1. The number of hydrogen-bond acceptors (Lipinski definition) is 3. The number of sulfonamides is 1. The van der Waals surface area contributed by atoms with E-state index in [1.165, 1.54) is 6.92 Å². The third-order valence-corrected chi connectivity index (χ3v) is 5.83. The largest absolute Gasteiger partial charge is 0.343 e. The Kier molecular flexibility index (Phi) is 5.40. The Morgan fingerprint density at radius 3 is 2.33 bits per heavy atom. The number of nitrogens with zero attached hydrogens (tertiary/aromatic N) is 1. The lowest BCUT2D eigenvalue weighted by atomic mass is 10.1. The lowest BCUT2D eigenvalue weighted by molar-refractivity contribution is -0.129. The highest BCUT2D eigenvalue weighted by atomic mass is 79.9. The van der Waals surface area contributed by atoms with Crippen molar-refractivity contribution < 1.29 is 13.2 Å². The molecule has 1 amide bonds. The van der Waals surface area contributed by atoms with Gasteiger partial charge in [-0.1, -0.05) is 28.1 Å². The smallest absolute Gasteiger partial charge is 0.240 e. The van der Waals surface area contributed by atoms with Crippen LogP contribution in [0.5, 0.6) is 0 Å². The first-order chi connectivity index (χ1) is 9.92. The molecule has 116 valence electrons. The molecule has 0 radical (unpaired) electrons. The van der Waals surface area contributed by atoms with E-state index >= 15 is 0 Å². The number of amides is 1. The second-order valence-electron chi connectivity index (χ2n) is 5.18. The predicted molar refractivity (Wildman–Crippen MR) is 84.7 cm³/mol. The molecule has 0 aromatic heterocycles. The molecule has 1 aromatic carbocycles. The van der Waals surface area contributed by atoms with Gasteiger partial charge in [-0.15, -0.1) is 0 Å². The van der Waals surface area contributed by atoms with E-state index in [2.05, 4.69) is 20.7 Å². The minimum Gasteiger partial charge on any atom is -0.343 e. The van der Waals surface area contributed by atoms with Gasteiger partial charge in [0.05, 0.1) is 4.90 Å². The van der Waals surface area contributed by atoms with Crippen molar-refractivity contribution in [2.45, 2.75) is 36.0 Å². The van der Waals surface area contributed by atoms with Gasteiger partial charge >= 0.3 is 0 Å². The van der Waals surface area contributed by atoms with E-state index in [-0.39, 0.29) is 16.8 Å². The summed E-state index contributed by atoms with van der Waals surface area (Å²) in [6.07, 6.45) is 1.30. The fourth-order valence-electron chi connectivity index (χ4n) is 2.36. The van der Waals surface area contributed by atoms with Crippen molar-refractivity contribution in [3.8, 4) is 0 Å². The number of likely N-dealkylation sites (tertiary alicyclic amines) is 1. The first-order valence-electron chi connectivity index (χ1n) is 6.85. The summed E-state index contributed by atoms with van der Waals surface area (Å²) in [5.74, 6) is 0.0432. The van der Waals surface area contributed by atoms with Crippen molar-refractivity contribution in [1.82, 2.24) is 9.62 Å². The number of piperidine rings is 1. The monoisotopic (exact) mass is 374 g/mol. The number of rotatable bonds is 4. The number of halogens is 1. The Morgan fingerprint density at radius 2 is 1.86 bits per heavy atom. The van der Waals surface area contributed by atoms with Gasteiger partial charge in [-0.3, -0.25) is 4.79 Å². The molecule has 1 aliphatic heterocycles. The lowest BCUT2D eigenvalue weighted by Crippen LogP contribution is -2.45. The van der Waals surface area contributed by atoms with Crippen LogP contribution in [0.3, 0.4) is 0 Å². The molecular formula is C14H19BrN2O3S. The summed E-state index contributed by atoms with van der Waals surface area (Å²) in [5, 5.41) is 0.699. The van der Waals surface area contributed by atoms with Crippen LogP contribution in [0.15, 0.2) is 29.2 Å². The fraction of sp³-hybridized carbons (Fsp3) is 0.500. The zero-order valence-electron chi connectivity index (χ0n) is 11.9. The SMILES string of the molecule is CC(=O)N1CCC(NS(=O)(=O)c2ccc(CBr)cc2)CC1. The van der Waals surface area contributed by atoms with Crippen molar-refractivity contribution in [3.05, 3.63) is 29.8 Å². The molecule has 5 nitrogen and oxygen atoms in total. The Balaban J connectivity index is 1.99. The first-order valence-corrected chi connectivity index (χ1v) is 9.45. The molecule has 0 aliphatic carbocycles. The van der Waals surface area contributed by atoms with Crippen molar-refractivity contribution in [3.63, 3.8) is 0 Å². The van der Waals surface area contributed by atoms with Gasteiger partial charge in [-0.25, -0.2) is 13.1 Å². The predicted octanol–water partition coefficient (Wildman–Crippen LogP) is 1.87. The van der Waals surface area contributed by atoms with Crippen molar-refractivity contribution in [2.75, 3.05) is 13.1 Å². The molecule has 0 atom stereocenters. The van der Waals surface area contributed by atoms with Crippen LogP contribution in [0.4, 0.5) is 0 Å². The number of benzene rings is 1. The normalized spacial score (nSPS) is 17.0. The van der Waals surface area contributed by atoms with E-state index in [0.29, 0.717) is 31.3 Å². The summed E-state index contributed by atoms with van der Waals surface area (Å²) in [6.45, 7) is 2.74. The van der Waals surface area contributed by atoms with Crippen LogP contribution in [0.1, 0.15) is 25.3 Å². The molecule has 7 heteroatoms. The fourth-order valence-corrected chi connectivity index (χ4v) is 4.04. The van der Waals surface area contributed by atoms with Crippen molar-refractivity contribution >= 4 is 31.9 Å². The highest BCUT2D eigenvalue weighted by Gasteiger charge is 2.25. The number of alkyl halides is 1. The minimum atomic E-state index is -3.49. The van der Waals surface area contributed by atoms with E-state index in [9.17, 15) is 13.2 Å². The van der Waals surface area contributed by atoms with Crippen LogP contribution >= 0.6 is 15.9 Å². The van der Waals surface area contributed by atoms with Crippen molar-refractivity contribution in [1.29, 1.82) is 0 Å². The molecule has 1 fully saturated rings. The molecule has 1 heterocycles. The molecular weight excluding hydrogens is 356 g/mol. The summed E-state index contributed by atoms with van der Waals surface area (Å²) in [7, 11) is -3.49. The molecule has 21 heavy (non-hydrogen) atoms. The summed E-state index contributed by atoms with van der Waals surface area (Å²) >= 11 is 3.33. The highest BCUT2D eigenvalue weighted by Crippen LogP contribution is 2.16. The quantitative estimate of drug-likeness (QED) is 0.818. The topological polar surface area (TPSA) is 66.5 Å². The van der Waals surface area contributed by atoms with Crippen LogP contribution in [-0.2, 0) is 20.1 Å². The van der Waals surface area contributed by atoms with Gasteiger partial charge < -0.3 is 4.90 Å². The van der Waals surface area contributed by atoms with Crippen LogP contribution in [0, 0.1) is 0 Å². The van der Waals surface area contributed by atoms with Crippen LogP contribution in [-0.4, -0.2) is 38.4 Å². The second-order valence-corrected chi connectivity index (χ2v) is 7.45. The lowest BCUT2D eigenvalue weighted by Gasteiger charge is -2.31. The summed E-state index contributed by atoms with van der Waals surface area (Å²) in [6, 6.07) is 6.71. The molecule has 0 spiro atoms. The number of carbonyl (C=O) groups excluding carboxylic acids is 1. The molecule has 0 unspecified atom stereocenters. The molecule has 1 aromatic rings. The Hall–Kier alpha value is -0.920. The van der Waals surface area contributed by atoms with Gasteiger partial charge in [0.15, 0.2) is 0 Å². The zero-order chi connectivity index (χ0) is 15.5. The van der Waals surface area contributed by atoms with Crippen molar-refractivity contribution in [2.24, 2.45) is 0 Å². The Morgan fingerprint density at radius 1 is 1.29 bits per heavy atom. The molecule has 1 saturated heterocycles. The Labute approximate surface area is 133 Å². The van der Waals surface area contributed by atoms with E-state index in [1.54, 1.807) is 29.2 Å². The maximum Gasteiger partial charge on any atom is 0.240 e. The summed E-state index contributed by atoms with van der Waals surface area (Å²) < 4.78 is 27.4. The van der Waals surface area contributed by atoms with E-state index in [0.717, 1.165) is 5.56 Å². The van der Waals surface area contributed by atoms with Gasteiger partial charge in [0.25, 0.3) is 0 Å². The van der Waals surface area contributed by atoms with Crippen LogP contribution < -0.4 is 4.72 Å². The van der Waals surface area contributed by atoms with E-state index in [4.69, 9.17) is 0 Å². The van der Waals surface area contributed by atoms with E-state index in [1.807, 2.05) is 0 Å². The van der Waals surface area contributed by atoms with Gasteiger partial charge in [0, 0.05) is 31.4 Å². The minimum absolute atomic E-state index is 0.0432. The molecule has 1 aliphatic rings. The zero-order valence-corrected chi connectivity index (χ0v) is 14.3. The first kappa shape index (κ1) is 16.5. The average Bonchev–Trinajstić information content (AvgIpc) is 2.47. The molecule has 0 bridgehead atoms. The van der Waals surface area contributed by atoms with E-state index < -0.39 is 10.0 Å². The van der Waals surface area contributed by atoms with Gasteiger partial charge in [0.1, 0.15) is 0 Å². The second kappa shape index (κ2) is 6.89. The van der Waals surface area contributed by atoms with Gasteiger partial charge in [-0.05, 0) is 30.5 Å². The van der Waals surface area contributed by atoms with Crippen LogP contribution in [0.25, 0.3) is 0 Å². The maximum absolute atomic E-state index is 12.3.